The van der Waals surface area contributed by atoms with Gasteiger partial charge in [0.15, 0.2) is 5.96 Å². The normalized spacial score (nSPS) is 16.4. The number of guanidine groups is 1. The molecule has 0 radical (unpaired) electrons. The number of carbonyl (C=O) groups excluding carboxylic acids is 1. The van der Waals surface area contributed by atoms with Gasteiger partial charge in [0.2, 0.25) is 0 Å². The van der Waals surface area contributed by atoms with Crippen LogP contribution in [0.1, 0.15) is 52.7 Å². The van der Waals surface area contributed by atoms with E-state index in [0.29, 0.717) is 54.6 Å². The van der Waals surface area contributed by atoms with Crippen molar-refractivity contribution >= 4 is 18.0 Å². The number of likely N-dealkylation sites (tertiary alicyclic amines) is 1. The molecule has 0 bridgehead atoms. The van der Waals surface area contributed by atoms with Crippen LogP contribution in [0.4, 0.5) is 9.18 Å². The van der Waals surface area contributed by atoms with Gasteiger partial charge < -0.3 is 31.9 Å². The van der Waals surface area contributed by atoms with Crippen molar-refractivity contribution in [3.05, 3.63) is 94.8 Å². The highest BCUT2D eigenvalue weighted by atomic mass is 19.1. The number of aliphatic imine (C=N–C) groups is 1. The van der Waals surface area contributed by atoms with E-state index < -0.39 is 23.4 Å². The molecule has 1 saturated heterocycles. The van der Waals surface area contributed by atoms with Gasteiger partial charge in [0.05, 0.1) is 12.1 Å². The van der Waals surface area contributed by atoms with Gasteiger partial charge in [0, 0.05) is 36.7 Å². The lowest BCUT2D eigenvalue weighted by Gasteiger charge is -2.43. The van der Waals surface area contributed by atoms with Crippen LogP contribution in [0.25, 0.3) is 11.1 Å². The second-order valence-corrected chi connectivity index (χ2v) is 10.8. The quantitative estimate of drug-likeness (QED) is 0.137. The Kier molecular flexibility index (Phi) is 9.80. The molecule has 3 aromatic rings. The third-order valence-corrected chi connectivity index (χ3v) is 7.83. The number of halogens is 1. The van der Waals surface area contributed by atoms with Crippen LogP contribution in [0.15, 0.2) is 71.7 Å². The molecule has 1 fully saturated rings. The smallest absolute Gasteiger partial charge is 0.404 e. The van der Waals surface area contributed by atoms with Crippen LogP contribution >= 0.6 is 0 Å². The monoisotopic (exact) mass is 575 g/mol. The largest absolute Gasteiger partial charge is 0.465 e. The fourth-order valence-electron chi connectivity index (χ4n) is 5.76. The highest BCUT2D eigenvalue weighted by Crippen LogP contribution is 2.44. The maximum Gasteiger partial charge on any atom is 0.404 e. The van der Waals surface area contributed by atoms with Crippen molar-refractivity contribution in [2.24, 2.45) is 22.4 Å². The number of hydrogen-bond acceptors (Lipinski definition) is 4. The Hall–Kier alpha value is -4.44. The molecule has 1 unspecified atom stereocenters. The number of aliphatic hydroxyl groups is 1. The highest BCUT2D eigenvalue weighted by Gasteiger charge is 2.43. The molecule has 0 aromatic heterocycles. The molecule has 0 saturated carbocycles. The summed E-state index contributed by atoms with van der Waals surface area (Å²) in [5.41, 5.74) is 13.0. The summed E-state index contributed by atoms with van der Waals surface area (Å²) in [6, 6.07) is 19.2. The number of carbonyl (C=O) groups is 2. The van der Waals surface area contributed by atoms with E-state index in [-0.39, 0.29) is 31.4 Å². The molecule has 0 aliphatic carbocycles. The van der Waals surface area contributed by atoms with Crippen molar-refractivity contribution in [1.82, 2.24) is 10.2 Å². The van der Waals surface area contributed by atoms with Crippen molar-refractivity contribution in [3.8, 4) is 11.1 Å². The Morgan fingerprint density at radius 3 is 2.55 bits per heavy atom. The molecule has 222 valence electrons. The summed E-state index contributed by atoms with van der Waals surface area (Å²) in [6.45, 7) is 3.15. The molecule has 4 rings (SSSR count). The van der Waals surface area contributed by atoms with Crippen LogP contribution in [-0.2, 0) is 12.1 Å². The van der Waals surface area contributed by atoms with Crippen LogP contribution in [-0.4, -0.2) is 52.7 Å². The fourth-order valence-corrected chi connectivity index (χ4v) is 5.76. The van der Waals surface area contributed by atoms with Crippen LogP contribution in [0.2, 0.25) is 0 Å². The maximum absolute atomic E-state index is 15.5. The van der Waals surface area contributed by atoms with Crippen molar-refractivity contribution in [1.29, 1.82) is 0 Å². The Morgan fingerprint density at radius 2 is 1.86 bits per heavy atom. The number of nitrogens with two attached hydrogens (primary N) is 2. The molecule has 2 atom stereocenters. The Labute approximate surface area is 245 Å². The first-order valence-corrected chi connectivity index (χ1v) is 14.1. The van der Waals surface area contributed by atoms with Gasteiger partial charge in [-0.2, -0.15) is 0 Å². The Balaban J connectivity index is 1.66. The standard InChI is InChI=1S/C32H38FN5O4/c1-21-6-2-7-24(18-21)28-26(9-3-10-27(28)33)32(42,15-5-16-36-31(40)41)25-8-4-17-38(20-25)29(39)23-13-11-22(12-14-23)19-37-30(34)35/h2-3,6-7,9-14,18,25,36,42H,4-5,8,15-17,19-20H2,1H3,(H,40,41)(H4,34,35,37)/t25-,32?/m1/s1. The average molecular weight is 576 g/mol. The minimum Gasteiger partial charge on any atom is -0.465 e. The van der Waals surface area contributed by atoms with Gasteiger partial charge in [-0.1, -0.05) is 54.1 Å². The number of rotatable bonds is 10. The van der Waals surface area contributed by atoms with Crippen molar-refractivity contribution in [2.75, 3.05) is 19.6 Å². The van der Waals surface area contributed by atoms with Crippen LogP contribution in [0.5, 0.6) is 0 Å². The van der Waals surface area contributed by atoms with Crippen LogP contribution < -0.4 is 16.8 Å². The van der Waals surface area contributed by atoms with E-state index in [9.17, 15) is 14.7 Å². The zero-order chi connectivity index (χ0) is 30.3. The molecule has 9 nitrogen and oxygen atoms in total. The molecule has 0 spiro atoms. The highest BCUT2D eigenvalue weighted by molar-refractivity contribution is 5.94. The van der Waals surface area contributed by atoms with E-state index in [4.69, 9.17) is 16.6 Å². The number of aryl methyl sites for hydroxylation is 1. The van der Waals surface area contributed by atoms with Gasteiger partial charge in [-0.3, -0.25) is 4.79 Å². The molecule has 7 N–H and O–H groups in total. The molecular formula is C32H38FN5O4. The molecule has 1 heterocycles. The van der Waals surface area contributed by atoms with Gasteiger partial charge in [0.1, 0.15) is 5.82 Å². The van der Waals surface area contributed by atoms with Gasteiger partial charge in [-0.05, 0) is 67.5 Å². The lowest BCUT2D eigenvalue weighted by molar-refractivity contribution is -0.0564. The molecule has 1 aliphatic heterocycles. The topological polar surface area (TPSA) is 154 Å². The van der Waals surface area contributed by atoms with Crippen LogP contribution in [0.3, 0.4) is 0 Å². The molecule has 10 heteroatoms. The summed E-state index contributed by atoms with van der Waals surface area (Å²) in [7, 11) is 0. The van der Waals surface area contributed by atoms with Crippen molar-refractivity contribution in [2.45, 2.75) is 44.8 Å². The average Bonchev–Trinajstić information content (AvgIpc) is 2.98. The third kappa shape index (κ3) is 7.25. The summed E-state index contributed by atoms with van der Waals surface area (Å²) < 4.78 is 15.5. The second-order valence-electron chi connectivity index (χ2n) is 10.8. The summed E-state index contributed by atoms with van der Waals surface area (Å²) in [5.74, 6) is -1.04. The molecule has 2 amide bonds. The van der Waals surface area contributed by atoms with Crippen molar-refractivity contribution < 1.29 is 24.2 Å². The lowest BCUT2D eigenvalue weighted by Crippen LogP contribution is -2.48. The predicted octanol–water partition coefficient (Wildman–Crippen LogP) is 4.36. The predicted molar refractivity (Wildman–Crippen MR) is 160 cm³/mol. The fraction of sp³-hybridized carbons (Fsp3) is 0.344. The molecule has 42 heavy (non-hydrogen) atoms. The number of piperidine rings is 1. The summed E-state index contributed by atoms with van der Waals surface area (Å²) in [5, 5.41) is 23.9. The van der Waals surface area contributed by atoms with Crippen molar-refractivity contribution in [3.63, 3.8) is 0 Å². The van der Waals surface area contributed by atoms with E-state index in [2.05, 4.69) is 10.3 Å². The number of benzene rings is 3. The second kappa shape index (κ2) is 13.5. The van der Waals surface area contributed by atoms with Gasteiger partial charge in [-0.15, -0.1) is 0 Å². The first-order valence-electron chi connectivity index (χ1n) is 14.1. The zero-order valence-corrected chi connectivity index (χ0v) is 23.7. The first kappa shape index (κ1) is 30.5. The summed E-state index contributed by atoms with van der Waals surface area (Å²) in [4.78, 5) is 30.3. The summed E-state index contributed by atoms with van der Waals surface area (Å²) >= 11 is 0. The maximum atomic E-state index is 15.5. The summed E-state index contributed by atoms with van der Waals surface area (Å²) in [6.07, 6.45) is 0.636. The Morgan fingerprint density at radius 1 is 1.12 bits per heavy atom. The number of carboxylic acid groups (broad SMARTS) is 1. The minimum absolute atomic E-state index is 0.00964. The molecular weight excluding hydrogens is 537 g/mol. The van der Waals surface area contributed by atoms with Gasteiger partial charge >= 0.3 is 6.09 Å². The SMILES string of the molecule is Cc1cccc(-c2c(F)cccc2C(O)(CCCNC(=O)O)[C@@H]2CCCN(C(=O)c3ccc(CN=C(N)N)cc3)C2)c1. The number of hydrogen-bond donors (Lipinski definition) is 5. The molecule has 3 aromatic carbocycles. The zero-order valence-electron chi connectivity index (χ0n) is 23.7. The van der Waals surface area contributed by atoms with E-state index >= 15 is 4.39 Å². The number of nitrogens with zero attached hydrogens (tertiary/aromatic N) is 2. The van der Waals surface area contributed by atoms with E-state index in [1.807, 2.05) is 31.2 Å². The molecule has 1 aliphatic rings. The van der Waals surface area contributed by atoms with E-state index in [1.54, 1.807) is 41.3 Å². The Bertz CT molecular complexity index is 1440. The number of nitrogens with one attached hydrogen (secondary N) is 1. The number of amides is 2. The lowest BCUT2D eigenvalue weighted by atomic mass is 9.72. The first-order chi connectivity index (χ1) is 20.1. The van der Waals surface area contributed by atoms with Gasteiger partial charge in [0.25, 0.3) is 5.91 Å². The minimum atomic E-state index is -1.52. The van der Waals surface area contributed by atoms with Gasteiger partial charge in [-0.25, -0.2) is 14.2 Å². The van der Waals surface area contributed by atoms with E-state index in [0.717, 1.165) is 11.1 Å². The van der Waals surface area contributed by atoms with Crippen LogP contribution in [0, 0.1) is 18.7 Å². The van der Waals surface area contributed by atoms with E-state index in [1.165, 1.54) is 6.07 Å². The third-order valence-electron chi connectivity index (χ3n) is 7.83.